The lowest BCUT2D eigenvalue weighted by Gasteiger charge is -2.16. The molecule has 7 nitrogen and oxygen atoms in total. The van der Waals surface area contributed by atoms with Crippen molar-refractivity contribution in [3.8, 4) is 0 Å². The number of carboxylic acid groups (broad SMARTS) is 1. The highest BCUT2D eigenvalue weighted by molar-refractivity contribution is 7.15. The number of nitrogens with zero attached hydrogens (tertiary/aromatic N) is 2. The molecule has 0 unspecified atom stereocenters. The van der Waals surface area contributed by atoms with Crippen molar-refractivity contribution < 1.29 is 14.7 Å². The summed E-state index contributed by atoms with van der Waals surface area (Å²) >= 11 is 1.30. The lowest BCUT2D eigenvalue weighted by atomic mass is 10.0. The van der Waals surface area contributed by atoms with Gasteiger partial charge in [0.15, 0.2) is 4.96 Å². The Hall–Kier alpha value is -2.22. The van der Waals surface area contributed by atoms with Crippen LogP contribution >= 0.6 is 11.3 Å². The molecule has 0 spiro atoms. The predicted molar refractivity (Wildman–Crippen MR) is 82.4 cm³/mol. The summed E-state index contributed by atoms with van der Waals surface area (Å²) in [4.78, 5) is 40.3. The van der Waals surface area contributed by atoms with E-state index in [0.29, 0.717) is 10.7 Å². The molecule has 0 aliphatic heterocycles. The summed E-state index contributed by atoms with van der Waals surface area (Å²) in [7, 11) is 0. The van der Waals surface area contributed by atoms with Gasteiger partial charge in [-0.25, -0.2) is 9.78 Å². The third-order valence-electron chi connectivity index (χ3n) is 3.17. The van der Waals surface area contributed by atoms with E-state index in [4.69, 9.17) is 5.11 Å². The molecule has 1 amide bonds. The lowest BCUT2D eigenvalue weighted by Crippen LogP contribution is -2.43. The number of aliphatic carboxylic acids is 1. The van der Waals surface area contributed by atoms with Crippen LogP contribution in [-0.4, -0.2) is 32.4 Å². The number of carboxylic acids is 1. The third kappa shape index (κ3) is 3.16. The molecular formula is C14H17N3O4S. The van der Waals surface area contributed by atoms with Gasteiger partial charge >= 0.3 is 5.97 Å². The highest BCUT2D eigenvalue weighted by atomic mass is 32.1. The zero-order chi connectivity index (χ0) is 16.4. The Morgan fingerprint density at radius 2 is 2.14 bits per heavy atom. The Kier molecular flexibility index (Phi) is 4.60. The number of hydrogen-bond acceptors (Lipinski definition) is 5. The first-order valence-corrected chi connectivity index (χ1v) is 7.68. The van der Waals surface area contributed by atoms with Crippen LogP contribution in [0.5, 0.6) is 0 Å². The summed E-state index contributed by atoms with van der Waals surface area (Å²) in [6.07, 6.45) is 1.48. The summed E-state index contributed by atoms with van der Waals surface area (Å²) in [5.74, 6) is -1.74. The van der Waals surface area contributed by atoms with Crippen molar-refractivity contribution in [1.82, 2.24) is 14.7 Å². The second kappa shape index (κ2) is 6.27. The van der Waals surface area contributed by atoms with E-state index in [1.54, 1.807) is 12.3 Å². The molecule has 8 heteroatoms. The van der Waals surface area contributed by atoms with Gasteiger partial charge in [-0.3, -0.25) is 14.0 Å². The Labute approximate surface area is 130 Å². The van der Waals surface area contributed by atoms with Crippen LogP contribution in [0.4, 0.5) is 0 Å². The fraction of sp³-hybridized carbons (Fsp3) is 0.429. The first kappa shape index (κ1) is 16.2. The van der Waals surface area contributed by atoms with E-state index in [1.807, 2.05) is 13.8 Å². The van der Waals surface area contributed by atoms with Crippen molar-refractivity contribution in [3.63, 3.8) is 0 Å². The maximum absolute atomic E-state index is 12.3. The van der Waals surface area contributed by atoms with Gasteiger partial charge in [0.25, 0.3) is 11.5 Å². The molecule has 22 heavy (non-hydrogen) atoms. The van der Waals surface area contributed by atoms with Gasteiger partial charge in [0.05, 0.1) is 0 Å². The van der Waals surface area contributed by atoms with E-state index < -0.39 is 23.5 Å². The van der Waals surface area contributed by atoms with Crippen LogP contribution in [0.3, 0.4) is 0 Å². The van der Waals surface area contributed by atoms with Crippen molar-refractivity contribution in [2.75, 3.05) is 0 Å². The van der Waals surface area contributed by atoms with Crippen LogP contribution in [0.15, 0.2) is 16.4 Å². The smallest absolute Gasteiger partial charge is 0.326 e. The van der Waals surface area contributed by atoms with Crippen molar-refractivity contribution in [2.45, 2.75) is 33.2 Å². The fourth-order valence-corrected chi connectivity index (χ4v) is 2.94. The maximum atomic E-state index is 12.3. The highest BCUT2D eigenvalue weighted by Gasteiger charge is 2.24. The second-order valence-electron chi connectivity index (χ2n) is 5.47. The number of nitrogens with one attached hydrogen (secondary N) is 1. The van der Waals surface area contributed by atoms with Crippen molar-refractivity contribution >= 4 is 28.2 Å². The topological polar surface area (TPSA) is 101 Å². The molecule has 0 aliphatic rings. The summed E-state index contributed by atoms with van der Waals surface area (Å²) in [5, 5.41) is 13.3. The average molecular weight is 323 g/mol. The molecule has 2 rings (SSSR count). The molecule has 2 N–H and O–H groups in total. The quantitative estimate of drug-likeness (QED) is 0.863. The van der Waals surface area contributed by atoms with E-state index in [1.165, 1.54) is 21.9 Å². The molecule has 0 radical (unpaired) electrons. The number of aryl methyl sites for hydroxylation is 1. The van der Waals surface area contributed by atoms with Crippen molar-refractivity contribution in [2.24, 2.45) is 5.92 Å². The Bertz CT molecular complexity index is 778. The minimum atomic E-state index is -1.12. The predicted octanol–water partition coefficient (Wildman–Crippen LogP) is 1.29. The van der Waals surface area contributed by atoms with Crippen LogP contribution in [0, 0.1) is 12.8 Å². The zero-order valence-corrected chi connectivity index (χ0v) is 13.3. The standard InChI is InChI=1S/C14H17N3O4S/c1-7(2)4-10(13(20)21)16-11(18)9-5-15-14-17(12(9)19)8(3)6-22-14/h5-7,10H,4H2,1-3H3,(H,16,18)(H,20,21)/t10-/m1/s1. The summed E-state index contributed by atoms with van der Waals surface area (Å²) in [6.45, 7) is 5.46. The van der Waals surface area contributed by atoms with Crippen LogP contribution in [-0.2, 0) is 4.79 Å². The molecule has 0 bridgehead atoms. The van der Waals surface area contributed by atoms with E-state index >= 15 is 0 Å². The number of carbonyl (C=O) groups excluding carboxylic acids is 1. The third-order valence-corrected chi connectivity index (χ3v) is 4.13. The fourth-order valence-electron chi connectivity index (χ4n) is 2.11. The molecule has 0 aromatic carbocycles. The molecule has 0 saturated carbocycles. The normalized spacial score (nSPS) is 12.5. The minimum absolute atomic E-state index is 0.0993. The SMILES string of the molecule is Cc1csc2ncc(C(=O)N[C@H](CC(C)C)C(=O)O)c(=O)n12. The van der Waals surface area contributed by atoms with E-state index in [9.17, 15) is 14.4 Å². The van der Waals surface area contributed by atoms with Crippen LogP contribution < -0.4 is 10.9 Å². The largest absolute Gasteiger partial charge is 0.480 e. The molecule has 118 valence electrons. The van der Waals surface area contributed by atoms with Gasteiger partial charge in [0.1, 0.15) is 11.6 Å². The number of hydrogen-bond donors (Lipinski definition) is 2. The minimum Gasteiger partial charge on any atom is -0.480 e. The van der Waals surface area contributed by atoms with E-state index in [-0.39, 0.29) is 17.9 Å². The average Bonchev–Trinajstić information content (AvgIpc) is 2.80. The molecule has 1 atom stereocenters. The van der Waals surface area contributed by atoms with Gasteiger partial charge in [-0.05, 0) is 19.3 Å². The van der Waals surface area contributed by atoms with Crippen molar-refractivity contribution in [3.05, 3.63) is 33.2 Å². The summed E-state index contributed by atoms with van der Waals surface area (Å²) in [5.41, 5.74) is 0.0352. The number of aromatic nitrogens is 2. The number of thiazole rings is 1. The zero-order valence-electron chi connectivity index (χ0n) is 12.5. The second-order valence-corrected chi connectivity index (χ2v) is 6.30. The number of carbonyl (C=O) groups is 2. The Balaban J connectivity index is 2.33. The van der Waals surface area contributed by atoms with Crippen molar-refractivity contribution in [1.29, 1.82) is 0 Å². The van der Waals surface area contributed by atoms with Gasteiger partial charge < -0.3 is 10.4 Å². The summed E-state index contributed by atoms with van der Waals surface area (Å²) in [6, 6.07) is -1.03. The van der Waals surface area contributed by atoms with Crippen LogP contribution in [0.1, 0.15) is 36.3 Å². The van der Waals surface area contributed by atoms with E-state index in [0.717, 1.165) is 0 Å². The molecule has 0 saturated heterocycles. The van der Waals surface area contributed by atoms with Gasteiger partial charge in [0, 0.05) is 17.3 Å². The Morgan fingerprint density at radius 1 is 1.45 bits per heavy atom. The molecule has 2 aromatic rings. The van der Waals surface area contributed by atoms with Gasteiger partial charge in [-0.1, -0.05) is 13.8 Å². The van der Waals surface area contributed by atoms with Gasteiger partial charge in [-0.15, -0.1) is 11.3 Å². The molecule has 2 aromatic heterocycles. The molecule has 2 heterocycles. The maximum Gasteiger partial charge on any atom is 0.326 e. The molecule has 0 aliphatic carbocycles. The monoisotopic (exact) mass is 323 g/mol. The number of amides is 1. The first-order chi connectivity index (χ1) is 10.3. The number of fused-ring (bicyclic) bond motifs is 1. The Morgan fingerprint density at radius 3 is 2.73 bits per heavy atom. The van der Waals surface area contributed by atoms with E-state index in [2.05, 4.69) is 10.3 Å². The summed E-state index contributed by atoms with van der Waals surface area (Å²) < 4.78 is 1.35. The van der Waals surface area contributed by atoms with Gasteiger partial charge in [0.2, 0.25) is 0 Å². The van der Waals surface area contributed by atoms with Crippen LogP contribution in [0.25, 0.3) is 4.96 Å². The molecular weight excluding hydrogens is 306 g/mol. The number of rotatable bonds is 5. The van der Waals surface area contributed by atoms with Gasteiger partial charge in [-0.2, -0.15) is 0 Å². The highest BCUT2D eigenvalue weighted by Crippen LogP contribution is 2.11. The molecule has 0 fully saturated rings. The lowest BCUT2D eigenvalue weighted by molar-refractivity contribution is -0.139. The van der Waals surface area contributed by atoms with Crippen LogP contribution in [0.2, 0.25) is 0 Å². The first-order valence-electron chi connectivity index (χ1n) is 6.80.